The normalized spacial score (nSPS) is 11.4. The van der Waals surface area contributed by atoms with E-state index in [9.17, 15) is 0 Å². The molecule has 0 heterocycles. The van der Waals surface area contributed by atoms with Gasteiger partial charge in [-0.25, -0.2) is 8.42 Å². The Kier molecular flexibility index (Phi) is 43.8. The van der Waals surface area contributed by atoms with E-state index in [0.29, 0.717) is 0 Å². The number of aldehydes is 1. The average Bonchev–Trinajstić information content (AvgIpc) is 1.60. The number of hydrogen-bond acceptors (Lipinski definition) is 5. The Hall–Kier alpha value is 1.07. The van der Waals surface area contributed by atoms with Crippen LogP contribution in [0.1, 0.15) is 6.92 Å². The van der Waals surface area contributed by atoms with Crippen LogP contribution in [0.15, 0.2) is 0 Å². The van der Waals surface area contributed by atoms with Crippen molar-refractivity contribution in [3.63, 3.8) is 0 Å². The van der Waals surface area contributed by atoms with E-state index < -0.39 is 22.7 Å². The van der Waals surface area contributed by atoms with Crippen molar-refractivity contribution in [3.8, 4) is 0 Å². The van der Waals surface area contributed by atoms with Gasteiger partial charge in [-0.1, -0.05) is 0 Å². The molecule has 0 rings (SSSR count). The molecule has 0 aromatic rings. The van der Waals surface area contributed by atoms with Gasteiger partial charge in [0, 0.05) is 0 Å². The summed E-state index contributed by atoms with van der Waals surface area (Å²) >= 11 is -5.72. The first-order valence-electron chi connectivity index (χ1n) is 1.84. The molecule has 0 aliphatic carbocycles. The van der Waals surface area contributed by atoms with E-state index in [1.165, 1.54) is 6.92 Å². The zero-order valence-corrected chi connectivity index (χ0v) is 9.88. The Labute approximate surface area is 104 Å². The standard InChI is InChI=1S/C2H4O.Ca.2H2O3S/c1-2-3;;2*1-4(2)3/h2H,1H3;;2*(H2,1,2,3)/q;+2;;/p-2. The first-order chi connectivity index (χ1) is 4.88. The van der Waals surface area contributed by atoms with Gasteiger partial charge in [-0.2, -0.15) is 0 Å². The van der Waals surface area contributed by atoms with E-state index in [2.05, 4.69) is 0 Å². The van der Waals surface area contributed by atoms with Gasteiger partial charge in [0.15, 0.2) is 0 Å². The van der Waals surface area contributed by atoms with Crippen LogP contribution in [0.2, 0.25) is 0 Å². The van der Waals surface area contributed by atoms with Gasteiger partial charge in [-0.3, -0.25) is 0 Å². The van der Waals surface area contributed by atoms with Crippen LogP contribution >= 0.6 is 0 Å². The van der Waals surface area contributed by atoms with Crippen LogP contribution in [-0.4, -0.2) is 70.7 Å². The molecule has 0 spiro atoms. The molecule has 0 radical (unpaired) electrons. The van der Waals surface area contributed by atoms with Crippen molar-refractivity contribution in [3.05, 3.63) is 0 Å². The Morgan fingerprint density at radius 3 is 1.17 bits per heavy atom. The predicted molar refractivity (Wildman–Crippen MR) is 40.6 cm³/mol. The van der Waals surface area contributed by atoms with Crippen molar-refractivity contribution in [2.24, 2.45) is 0 Å². The summed E-state index contributed by atoms with van der Waals surface area (Å²) in [6, 6.07) is 0. The molecule has 0 aliphatic heterocycles. The summed E-state index contributed by atoms with van der Waals surface area (Å²) in [5.74, 6) is 0. The molecular weight excluding hydrogens is 240 g/mol. The fourth-order valence-electron chi connectivity index (χ4n) is 0. The molecule has 2 unspecified atom stereocenters. The van der Waals surface area contributed by atoms with E-state index in [-0.39, 0.29) is 37.7 Å². The van der Waals surface area contributed by atoms with Gasteiger partial charge in [0.2, 0.25) is 0 Å². The van der Waals surface area contributed by atoms with Gasteiger partial charge in [-0.15, -0.1) is 0 Å². The molecule has 10 heteroatoms. The SMILES string of the molecule is CC=O.O=S([O-])O.O=S([O-])O.[Ca+2]. The molecule has 0 aromatic carbocycles. The molecule has 0 saturated carbocycles. The summed E-state index contributed by atoms with van der Waals surface area (Å²) in [7, 11) is 0. The Morgan fingerprint density at radius 2 is 1.17 bits per heavy atom. The van der Waals surface area contributed by atoms with Gasteiger partial charge in [0.25, 0.3) is 0 Å². The monoisotopic (exact) mass is 246 g/mol. The number of rotatable bonds is 0. The fourth-order valence-corrected chi connectivity index (χ4v) is 0. The largest absolute Gasteiger partial charge is 2.00 e. The zero-order chi connectivity index (χ0) is 9.86. The molecule has 0 bridgehead atoms. The first kappa shape index (κ1) is 23.1. The van der Waals surface area contributed by atoms with E-state index in [4.69, 9.17) is 31.4 Å². The molecular formula is C2H6CaO7S2. The molecule has 70 valence electrons. The Morgan fingerprint density at radius 1 is 1.17 bits per heavy atom. The molecule has 0 saturated heterocycles. The third kappa shape index (κ3) is 981. The van der Waals surface area contributed by atoms with Crippen LogP contribution in [0.3, 0.4) is 0 Å². The van der Waals surface area contributed by atoms with Crippen LogP contribution in [0, 0.1) is 0 Å². The molecule has 0 fully saturated rings. The van der Waals surface area contributed by atoms with Crippen molar-refractivity contribution in [2.45, 2.75) is 6.92 Å². The smallest absolute Gasteiger partial charge is 0.750 e. The molecule has 12 heavy (non-hydrogen) atoms. The van der Waals surface area contributed by atoms with Crippen molar-refractivity contribution in [2.75, 3.05) is 0 Å². The van der Waals surface area contributed by atoms with Crippen LogP contribution in [-0.2, 0) is 27.5 Å². The maximum absolute atomic E-state index is 8.81. The Balaban J connectivity index is -0.0000000389. The van der Waals surface area contributed by atoms with Gasteiger partial charge in [-0.05, 0) is 6.92 Å². The number of carbonyl (C=O) groups excluding carboxylic acids is 1. The number of hydrogen-bond donors (Lipinski definition) is 2. The fraction of sp³-hybridized carbons (Fsp3) is 0.500. The topological polar surface area (TPSA) is 138 Å². The maximum atomic E-state index is 8.81. The van der Waals surface area contributed by atoms with Crippen molar-refractivity contribution in [1.29, 1.82) is 0 Å². The minimum absolute atomic E-state index is 0. The summed E-state index contributed by atoms with van der Waals surface area (Å²) in [4.78, 5) is 8.81. The second-order valence-electron chi connectivity index (χ2n) is 0.670. The van der Waals surface area contributed by atoms with E-state index in [1.807, 2.05) is 0 Å². The molecule has 0 aromatic heterocycles. The van der Waals surface area contributed by atoms with Crippen molar-refractivity contribution < 1.29 is 31.4 Å². The van der Waals surface area contributed by atoms with E-state index in [0.717, 1.165) is 6.29 Å². The quantitative estimate of drug-likeness (QED) is 0.301. The number of carbonyl (C=O) groups is 1. The molecule has 2 N–H and O–H groups in total. The van der Waals surface area contributed by atoms with Crippen molar-refractivity contribution >= 4 is 66.7 Å². The van der Waals surface area contributed by atoms with Gasteiger partial charge in [0.05, 0.1) is 22.7 Å². The second-order valence-corrected chi connectivity index (χ2v) is 1.54. The van der Waals surface area contributed by atoms with Gasteiger partial charge < -0.3 is 23.0 Å². The van der Waals surface area contributed by atoms with Crippen LogP contribution in [0.4, 0.5) is 0 Å². The van der Waals surface area contributed by atoms with Crippen LogP contribution in [0.25, 0.3) is 0 Å². The predicted octanol–water partition coefficient (Wildman–Crippen LogP) is -1.50. The van der Waals surface area contributed by atoms with Crippen molar-refractivity contribution in [1.82, 2.24) is 0 Å². The van der Waals surface area contributed by atoms with Crippen LogP contribution < -0.4 is 0 Å². The summed E-state index contributed by atoms with van der Waals surface area (Å²) < 4.78 is 48.2. The zero-order valence-electron chi connectivity index (χ0n) is 6.04. The third-order valence-corrected chi connectivity index (χ3v) is 0. The molecule has 0 amide bonds. The third-order valence-electron chi connectivity index (χ3n) is 0. The first-order valence-corrected chi connectivity index (χ1v) is 3.91. The second kappa shape index (κ2) is 22.7. The van der Waals surface area contributed by atoms with E-state index in [1.54, 1.807) is 0 Å². The summed E-state index contributed by atoms with van der Waals surface area (Å²) in [6.45, 7) is 1.44. The van der Waals surface area contributed by atoms with Crippen LogP contribution in [0.5, 0.6) is 0 Å². The summed E-state index contributed by atoms with van der Waals surface area (Å²) in [5.41, 5.74) is 0. The minimum atomic E-state index is -2.86. The average molecular weight is 246 g/mol. The molecule has 7 nitrogen and oxygen atoms in total. The molecule has 0 aliphatic rings. The maximum Gasteiger partial charge on any atom is 2.00 e. The summed E-state index contributed by atoms with van der Waals surface area (Å²) in [6.07, 6.45) is 0.750. The van der Waals surface area contributed by atoms with Gasteiger partial charge >= 0.3 is 37.7 Å². The molecule has 2 atom stereocenters. The van der Waals surface area contributed by atoms with E-state index >= 15 is 0 Å². The minimum Gasteiger partial charge on any atom is -0.750 e. The van der Waals surface area contributed by atoms with Gasteiger partial charge in [0.1, 0.15) is 6.29 Å². The summed E-state index contributed by atoms with van der Waals surface area (Å²) in [5, 5.41) is 0. The Bertz CT molecular complexity index is 107.